The second-order valence-corrected chi connectivity index (χ2v) is 9.33. The number of nitrogens with two attached hydrogens (primary N) is 1. The van der Waals surface area contributed by atoms with Gasteiger partial charge in [0.05, 0.1) is 9.83 Å². The summed E-state index contributed by atoms with van der Waals surface area (Å²) in [4.78, 5) is 4.10. The van der Waals surface area contributed by atoms with Crippen LogP contribution < -0.4 is 5.73 Å². The third-order valence-electron chi connectivity index (χ3n) is 3.54. The van der Waals surface area contributed by atoms with Gasteiger partial charge in [0.1, 0.15) is 0 Å². The number of aryl methyl sites for hydroxylation is 2. The van der Waals surface area contributed by atoms with E-state index in [4.69, 9.17) is 5.73 Å². The largest absolute Gasteiger partial charge is 0.319 e. The first-order valence-electron chi connectivity index (χ1n) is 6.47. The van der Waals surface area contributed by atoms with Gasteiger partial charge in [0.25, 0.3) is 0 Å². The molecule has 0 radical (unpaired) electrons. The normalized spacial score (nSPS) is 17.0. The summed E-state index contributed by atoms with van der Waals surface area (Å²) < 4.78 is 2.22. The van der Waals surface area contributed by atoms with Crippen molar-refractivity contribution in [1.82, 2.24) is 0 Å². The SMILES string of the molecule is NC(c1cc(Br)c(Br)s1)c1cc2c(s1)CCCCC2. The first kappa shape index (κ1) is 14.3. The van der Waals surface area contributed by atoms with Crippen molar-refractivity contribution < 1.29 is 0 Å². The zero-order valence-electron chi connectivity index (χ0n) is 10.4. The number of thiophene rings is 2. The van der Waals surface area contributed by atoms with Crippen LogP contribution in [0.25, 0.3) is 0 Å². The molecule has 0 aliphatic heterocycles. The molecule has 0 amide bonds. The van der Waals surface area contributed by atoms with Crippen molar-refractivity contribution in [3.63, 3.8) is 0 Å². The summed E-state index contributed by atoms with van der Waals surface area (Å²) in [5, 5.41) is 0. The summed E-state index contributed by atoms with van der Waals surface area (Å²) >= 11 is 10.7. The molecule has 0 spiro atoms. The topological polar surface area (TPSA) is 26.0 Å². The molecule has 102 valence electrons. The van der Waals surface area contributed by atoms with E-state index in [-0.39, 0.29) is 6.04 Å². The molecule has 0 aromatic carbocycles. The van der Waals surface area contributed by atoms with Crippen LogP contribution in [0, 0.1) is 0 Å². The molecule has 5 heteroatoms. The van der Waals surface area contributed by atoms with Gasteiger partial charge in [0.2, 0.25) is 0 Å². The van der Waals surface area contributed by atoms with Gasteiger partial charge in [-0.2, -0.15) is 0 Å². The monoisotopic (exact) mass is 419 g/mol. The van der Waals surface area contributed by atoms with Gasteiger partial charge in [-0.25, -0.2) is 0 Å². The van der Waals surface area contributed by atoms with Crippen LogP contribution in [0.4, 0.5) is 0 Å². The lowest BCUT2D eigenvalue weighted by Crippen LogP contribution is -2.08. The Kier molecular flexibility index (Phi) is 4.49. The highest BCUT2D eigenvalue weighted by atomic mass is 79.9. The minimum atomic E-state index is 0.0181. The van der Waals surface area contributed by atoms with E-state index >= 15 is 0 Å². The predicted octanol–water partition coefficient (Wildman–Crippen LogP) is 5.65. The van der Waals surface area contributed by atoms with Crippen LogP contribution in [0.3, 0.4) is 0 Å². The van der Waals surface area contributed by atoms with E-state index in [2.05, 4.69) is 44.0 Å². The van der Waals surface area contributed by atoms with Gasteiger partial charge in [-0.1, -0.05) is 6.42 Å². The zero-order chi connectivity index (χ0) is 13.4. The maximum absolute atomic E-state index is 6.43. The van der Waals surface area contributed by atoms with Crippen molar-refractivity contribution in [2.75, 3.05) is 0 Å². The summed E-state index contributed by atoms with van der Waals surface area (Å²) in [6.07, 6.45) is 6.50. The Labute approximate surface area is 138 Å². The second-order valence-electron chi connectivity index (χ2n) is 4.91. The number of fused-ring (bicyclic) bond motifs is 1. The fourth-order valence-electron chi connectivity index (χ4n) is 2.50. The Balaban J connectivity index is 1.89. The lowest BCUT2D eigenvalue weighted by Gasteiger charge is -2.06. The third kappa shape index (κ3) is 3.00. The van der Waals surface area contributed by atoms with E-state index in [1.165, 1.54) is 41.9 Å². The molecule has 1 unspecified atom stereocenters. The number of hydrogen-bond donors (Lipinski definition) is 1. The standard InChI is InChI=1S/C14H15Br2NS2/c15-9-7-12(19-14(9)16)13(17)11-6-8-4-2-1-3-5-10(8)18-11/h6-7,13H,1-5,17H2. The Hall–Kier alpha value is 0.320. The Morgan fingerprint density at radius 3 is 2.47 bits per heavy atom. The quantitative estimate of drug-likeness (QED) is 0.623. The number of rotatable bonds is 2. The van der Waals surface area contributed by atoms with Crippen molar-refractivity contribution in [3.05, 3.63) is 40.6 Å². The molecule has 0 fully saturated rings. The molecule has 1 nitrogen and oxygen atoms in total. The highest BCUT2D eigenvalue weighted by Gasteiger charge is 2.19. The van der Waals surface area contributed by atoms with Crippen LogP contribution in [-0.2, 0) is 12.8 Å². The van der Waals surface area contributed by atoms with Gasteiger partial charge in [0, 0.05) is 19.1 Å². The molecule has 3 rings (SSSR count). The van der Waals surface area contributed by atoms with E-state index in [0.29, 0.717) is 0 Å². The van der Waals surface area contributed by atoms with Crippen LogP contribution in [-0.4, -0.2) is 0 Å². The van der Waals surface area contributed by atoms with E-state index < -0.39 is 0 Å². The molecule has 0 bridgehead atoms. The maximum Gasteiger partial charge on any atom is 0.0843 e. The molecular weight excluding hydrogens is 406 g/mol. The minimum absolute atomic E-state index is 0.0181. The molecule has 2 heterocycles. The fourth-order valence-corrected chi connectivity index (χ4v) is 5.96. The van der Waals surface area contributed by atoms with Crippen LogP contribution in [0.5, 0.6) is 0 Å². The van der Waals surface area contributed by atoms with Crippen LogP contribution in [0.2, 0.25) is 0 Å². The smallest absolute Gasteiger partial charge is 0.0843 e. The van der Waals surface area contributed by atoms with Crippen molar-refractivity contribution in [2.45, 2.75) is 38.1 Å². The average Bonchev–Trinajstić information content (AvgIpc) is 2.87. The third-order valence-corrected chi connectivity index (χ3v) is 8.20. The van der Waals surface area contributed by atoms with Crippen LogP contribution >= 0.6 is 54.5 Å². The van der Waals surface area contributed by atoms with Gasteiger partial charge in [-0.3, -0.25) is 0 Å². The molecule has 1 atom stereocenters. The molecule has 2 N–H and O–H groups in total. The van der Waals surface area contributed by atoms with Crippen LogP contribution in [0.1, 0.15) is 45.5 Å². The van der Waals surface area contributed by atoms with E-state index in [1.54, 1.807) is 21.8 Å². The summed E-state index contributed by atoms with van der Waals surface area (Å²) in [6.45, 7) is 0. The van der Waals surface area contributed by atoms with Crippen LogP contribution in [0.15, 0.2) is 20.4 Å². The zero-order valence-corrected chi connectivity index (χ0v) is 15.2. The predicted molar refractivity (Wildman–Crippen MR) is 91.3 cm³/mol. The Morgan fingerprint density at radius 2 is 1.74 bits per heavy atom. The van der Waals surface area contributed by atoms with Gasteiger partial charge in [0.15, 0.2) is 0 Å². The first-order valence-corrected chi connectivity index (χ1v) is 9.69. The average molecular weight is 421 g/mol. The molecule has 1 aliphatic carbocycles. The summed E-state index contributed by atoms with van der Waals surface area (Å²) in [6, 6.07) is 4.49. The lowest BCUT2D eigenvalue weighted by molar-refractivity contribution is 0.712. The minimum Gasteiger partial charge on any atom is -0.319 e. The molecule has 0 saturated heterocycles. The second kappa shape index (κ2) is 5.98. The molecule has 19 heavy (non-hydrogen) atoms. The maximum atomic E-state index is 6.43. The Bertz CT molecular complexity index is 545. The summed E-state index contributed by atoms with van der Waals surface area (Å²) in [7, 11) is 0. The summed E-state index contributed by atoms with van der Waals surface area (Å²) in [5.41, 5.74) is 7.97. The van der Waals surface area contributed by atoms with Gasteiger partial charge in [-0.05, 0) is 75.2 Å². The van der Waals surface area contributed by atoms with E-state index in [1.807, 2.05) is 11.3 Å². The molecular formula is C14H15Br2NS2. The van der Waals surface area contributed by atoms with Crippen molar-refractivity contribution in [1.29, 1.82) is 0 Å². The number of hydrogen-bond acceptors (Lipinski definition) is 3. The van der Waals surface area contributed by atoms with Gasteiger partial charge < -0.3 is 5.73 Å². The van der Waals surface area contributed by atoms with E-state index in [0.717, 1.165) is 8.26 Å². The summed E-state index contributed by atoms with van der Waals surface area (Å²) in [5.74, 6) is 0. The van der Waals surface area contributed by atoms with Gasteiger partial charge >= 0.3 is 0 Å². The molecule has 1 aliphatic rings. The highest BCUT2D eigenvalue weighted by Crippen LogP contribution is 2.39. The molecule has 2 aromatic rings. The molecule has 0 saturated carbocycles. The van der Waals surface area contributed by atoms with Crippen molar-refractivity contribution >= 4 is 54.5 Å². The highest BCUT2D eigenvalue weighted by molar-refractivity contribution is 9.13. The lowest BCUT2D eigenvalue weighted by atomic mass is 10.1. The fraction of sp³-hybridized carbons (Fsp3) is 0.429. The molecule has 2 aromatic heterocycles. The van der Waals surface area contributed by atoms with Gasteiger partial charge in [-0.15, -0.1) is 22.7 Å². The Morgan fingerprint density at radius 1 is 1.00 bits per heavy atom. The number of halogens is 2. The van der Waals surface area contributed by atoms with Crippen molar-refractivity contribution in [2.24, 2.45) is 5.73 Å². The van der Waals surface area contributed by atoms with E-state index in [9.17, 15) is 0 Å². The first-order chi connectivity index (χ1) is 9.15. The van der Waals surface area contributed by atoms with Crippen molar-refractivity contribution in [3.8, 4) is 0 Å².